The van der Waals surface area contributed by atoms with Gasteiger partial charge in [0.25, 0.3) is 0 Å². The summed E-state index contributed by atoms with van der Waals surface area (Å²) >= 11 is 7.73. The molecule has 2 unspecified atom stereocenters. The summed E-state index contributed by atoms with van der Waals surface area (Å²) < 4.78 is 20.3. The molecule has 214 valence electrons. The quantitative estimate of drug-likeness (QED) is 0.138. The van der Waals surface area contributed by atoms with Crippen molar-refractivity contribution in [3.05, 3.63) is 68.9 Å². The maximum atomic E-state index is 14.8. The summed E-state index contributed by atoms with van der Waals surface area (Å²) in [6.45, 7) is 0. The first kappa shape index (κ1) is 30.2. The fraction of sp³-hybridized carbons (Fsp3) is 0.594. The van der Waals surface area contributed by atoms with E-state index < -0.39 is 12.3 Å². The molecule has 2 aliphatic carbocycles. The first-order valence-corrected chi connectivity index (χ1v) is 15.6. The van der Waals surface area contributed by atoms with E-state index in [-0.39, 0.29) is 35.7 Å². The minimum Gasteiger partial charge on any atom is -0.469 e. The minimum absolute atomic E-state index is 0.00956. The van der Waals surface area contributed by atoms with E-state index in [1.807, 2.05) is 30.4 Å². The van der Waals surface area contributed by atoms with Gasteiger partial charge in [0, 0.05) is 35.0 Å². The topological polar surface area (TPSA) is 66.8 Å². The number of carbonyl (C=O) groups is 1. The number of hydrogen-bond donors (Lipinski definition) is 2. The van der Waals surface area contributed by atoms with E-state index in [1.54, 1.807) is 11.3 Å². The van der Waals surface area contributed by atoms with Gasteiger partial charge in [-0.3, -0.25) is 4.79 Å². The molecule has 4 rings (SSSR count). The number of aryl methyl sites for hydroxylation is 1. The molecule has 2 N–H and O–H groups in total. The van der Waals surface area contributed by atoms with Crippen molar-refractivity contribution in [2.24, 2.45) is 11.3 Å². The number of esters is 1. The van der Waals surface area contributed by atoms with Crippen LogP contribution in [0.15, 0.2) is 48.6 Å². The highest BCUT2D eigenvalue weighted by atomic mass is 35.5. The lowest BCUT2D eigenvalue weighted by Gasteiger charge is -2.45. The lowest BCUT2D eigenvalue weighted by atomic mass is 9.62. The van der Waals surface area contributed by atoms with Crippen molar-refractivity contribution in [1.29, 1.82) is 0 Å². The van der Waals surface area contributed by atoms with Crippen molar-refractivity contribution in [3.8, 4) is 0 Å². The molecule has 1 aromatic carbocycles. The Bertz CT molecular complexity index is 1080. The van der Waals surface area contributed by atoms with Crippen LogP contribution in [0.2, 0.25) is 4.34 Å². The largest absolute Gasteiger partial charge is 0.469 e. The first-order valence-electron chi connectivity index (χ1n) is 14.4. The zero-order valence-electron chi connectivity index (χ0n) is 22.9. The molecule has 2 aliphatic rings. The average Bonchev–Trinajstić information content (AvgIpc) is 3.44. The molecule has 1 heterocycles. The third-order valence-electron chi connectivity index (χ3n) is 8.88. The molecule has 0 saturated heterocycles. The van der Waals surface area contributed by atoms with Gasteiger partial charge in [0.15, 0.2) is 0 Å². The van der Waals surface area contributed by atoms with E-state index in [1.165, 1.54) is 24.0 Å². The maximum absolute atomic E-state index is 14.8. The number of thiophene rings is 1. The van der Waals surface area contributed by atoms with Gasteiger partial charge in [-0.2, -0.15) is 0 Å². The molecule has 0 bridgehead atoms. The predicted molar refractivity (Wildman–Crippen MR) is 156 cm³/mol. The zero-order valence-corrected chi connectivity index (χ0v) is 24.4. The second-order valence-corrected chi connectivity index (χ2v) is 13.2. The van der Waals surface area contributed by atoms with Crippen molar-refractivity contribution in [1.82, 2.24) is 0 Å². The molecule has 0 radical (unpaired) electrons. The van der Waals surface area contributed by atoms with Gasteiger partial charge < -0.3 is 14.9 Å². The van der Waals surface area contributed by atoms with E-state index in [4.69, 9.17) is 11.6 Å². The summed E-state index contributed by atoms with van der Waals surface area (Å²) in [7, 11) is 1.39. The van der Waals surface area contributed by atoms with Gasteiger partial charge in [-0.15, -0.1) is 11.3 Å². The molecule has 0 aliphatic heterocycles. The molecule has 2 saturated carbocycles. The van der Waals surface area contributed by atoms with E-state index in [2.05, 4.69) is 22.9 Å². The number of aliphatic hydroxyl groups excluding tert-OH is 2. The molecule has 1 aromatic heterocycles. The van der Waals surface area contributed by atoms with Gasteiger partial charge in [-0.25, -0.2) is 4.39 Å². The Labute approximate surface area is 241 Å². The molecule has 0 spiro atoms. The number of carbonyl (C=O) groups excluding carboxylic acids is 1. The predicted octanol–water partition coefficient (Wildman–Crippen LogP) is 7.59. The SMILES string of the molecule is COC(=O)CCCC=CC[C@H]1C(F)C[C@@H](O)[C@H]1c1ccc(CCCC(O)C2(Cc3ccc(Cl)s3)CCC2)cc1. The molecule has 39 heavy (non-hydrogen) atoms. The molecule has 2 fully saturated rings. The number of alkyl halides is 1. The van der Waals surface area contributed by atoms with Gasteiger partial charge in [0.05, 0.1) is 23.7 Å². The third kappa shape index (κ3) is 7.93. The first-order chi connectivity index (χ1) is 18.8. The van der Waals surface area contributed by atoms with Gasteiger partial charge in [0.1, 0.15) is 6.17 Å². The van der Waals surface area contributed by atoms with Crippen LogP contribution in [-0.4, -0.2) is 41.7 Å². The second kappa shape index (κ2) is 14.2. The highest BCUT2D eigenvalue weighted by Crippen LogP contribution is 2.49. The second-order valence-electron chi connectivity index (χ2n) is 11.4. The number of rotatable bonds is 14. The fourth-order valence-electron chi connectivity index (χ4n) is 6.43. The van der Waals surface area contributed by atoms with Gasteiger partial charge >= 0.3 is 5.97 Å². The average molecular weight is 577 g/mol. The summed E-state index contributed by atoms with van der Waals surface area (Å²) in [6, 6.07) is 12.3. The number of ether oxygens (including phenoxy) is 1. The molecule has 0 amide bonds. The Kier molecular flexibility index (Phi) is 11.0. The van der Waals surface area contributed by atoms with Gasteiger partial charge in [-0.1, -0.05) is 54.4 Å². The molecule has 5 atom stereocenters. The van der Waals surface area contributed by atoms with Gasteiger partial charge in [-0.05, 0) is 81.0 Å². The van der Waals surface area contributed by atoms with Crippen molar-refractivity contribution in [2.75, 3.05) is 7.11 Å². The summed E-state index contributed by atoms with van der Waals surface area (Å²) in [5, 5.41) is 21.7. The Morgan fingerprint density at radius 3 is 2.62 bits per heavy atom. The zero-order chi connectivity index (χ0) is 27.8. The van der Waals surface area contributed by atoms with Crippen molar-refractivity contribution in [3.63, 3.8) is 0 Å². The monoisotopic (exact) mass is 576 g/mol. The van der Waals surface area contributed by atoms with E-state index >= 15 is 0 Å². The molecule has 7 heteroatoms. The highest BCUT2D eigenvalue weighted by molar-refractivity contribution is 7.16. The third-order valence-corrected chi connectivity index (χ3v) is 10.1. The van der Waals surface area contributed by atoms with E-state index in [0.29, 0.717) is 19.3 Å². The van der Waals surface area contributed by atoms with Crippen molar-refractivity contribution in [2.45, 2.75) is 101 Å². The molecular formula is C32H42ClFO4S. The van der Waals surface area contributed by atoms with Crippen LogP contribution < -0.4 is 0 Å². The summed E-state index contributed by atoms with van der Waals surface area (Å²) in [5.74, 6) is -0.692. The number of aliphatic hydroxyl groups is 2. The number of hydrogen-bond acceptors (Lipinski definition) is 5. The van der Waals surface area contributed by atoms with E-state index in [9.17, 15) is 19.4 Å². The van der Waals surface area contributed by atoms with Crippen LogP contribution in [0, 0.1) is 11.3 Å². The molecule has 4 nitrogen and oxygen atoms in total. The Morgan fingerprint density at radius 2 is 1.97 bits per heavy atom. The maximum Gasteiger partial charge on any atom is 0.305 e. The van der Waals surface area contributed by atoms with E-state index in [0.717, 1.165) is 54.8 Å². The Balaban J connectivity index is 1.26. The van der Waals surface area contributed by atoms with Gasteiger partial charge in [0.2, 0.25) is 0 Å². The summed E-state index contributed by atoms with van der Waals surface area (Å²) in [5.41, 5.74) is 2.17. The van der Waals surface area contributed by atoms with Crippen LogP contribution in [0.1, 0.15) is 86.1 Å². The highest BCUT2D eigenvalue weighted by Gasteiger charge is 2.44. The Hall–Kier alpha value is -1.73. The normalized spacial score (nSPS) is 25.1. The van der Waals surface area contributed by atoms with Crippen LogP contribution >= 0.6 is 22.9 Å². The Morgan fingerprint density at radius 1 is 1.21 bits per heavy atom. The van der Waals surface area contributed by atoms with Crippen molar-refractivity contribution < 1.29 is 24.1 Å². The van der Waals surface area contributed by atoms with Crippen LogP contribution in [-0.2, 0) is 22.4 Å². The van der Waals surface area contributed by atoms with Crippen molar-refractivity contribution >= 4 is 28.9 Å². The number of unbranched alkanes of at least 4 members (excludes halogenated alkanes) is 1. The van der Waals surface area contributed by atoms with Crippen LogP contribution in [0.25, 0.3) is 0 Å². The lowest BCUT2D eigenvalue weighted by molar-refractivity contribution is -0.140. The standard InChI is InChI=1S/C32H42ClFO4S/c1-38-30(37)11-5-3-2-4-9-25-26(34)20-27(35)31(25)23-14-12-22(13-15-23)8-6-10-28(36)32(18-7-19-32)21-24-16-17-29(33)39-24/h2,4,12-17,25-28,31,35-36H,3,5-11,18-21H2,1H3/t25-,26?,27+,28?,31-/m0/s1. The summed E-state index contributed by atoms with van der Waals surface area (Å²) in [4.78, 5) is 12.5. The van der Waals surface area contributed by atoms with Crippen LogP contribution in [0.3, 0.4) is 0 Å². The van der Waals surface area contributed by atoms with Crippen LogP contribution in [0.4, 0.5) is 4.39 Å². The molecular weight excluding hydrogens is 535 g/mol. The number of halogens is 2. The number of methoxy groups -OCH3 is 1. The van der Waals surface area contributed by atoms with Crippen LogP contribution in [0.5, 0.6) is 0 Å². The summed E-state index contributed by atoms with van der Waals surface area (Å²) in [6.07, 6.45) is 11.3. The smallest absolute Gasteiger partial charge is 0.305 e. The lowest BCUT2D eigenvalue weighted by Crippen LogP contribution is -2.43. The minimum atomic E-state index is -1.03. The molecule has 2 aromatic rings. The number of allylic oxidation sites excluding steroid dienone is 2. The number of benzene rings is 1. The fourth-order valence-corrected chi connectivity index (χ4v) is 7.67.